The Labute approximate surface area is 119 Å². The van der Waals surface area contributed by atoms with Gasteiger partial charge in [-0.05, 0) is 29.3 Å². The Morgan fingerprint density at radius 1 is 1.28 bits per heavy atom. The summed E-state index contributed by atoms with van der Waals surface area (Å²) in [5.74, 6) is 0.140. The molecule has 0 saturated heterocycles. The molecule has 0 bridgehead atoms. The smallest absolute Gasteiger partial charge is 0.141 e. The highest BCUT2D eigenvalue weighted by molar-refractivity contribution is 9.10. The monoisotopic (exact) mass is 323 g/mol. The summed E-state index contributed by atoms with van der Waals surface area (Å²) in [6.07, 6.45) is 3.96. The number of nitrogens with zero attached hydrogens (tertiary/aromatic N) is 1. The van der Waals surface area contributed by atoms with Crippen molar-refractivity contribution in [3.05, 3.63) is 63.3 Å². The Morgan fingerprint density at radius 3 is 2.83 bits per heavy atom. The van der Waals surface area contributed by atoms with Crippen molar-refractivity contribution >= 4 is 33.3 Å². The molecule has 1 aromatic carbocycles. The van der Waals surface area contributed by atoms with Crippen molar-refractivity contribution in [3.8, 4) is 0 Å². The van der Waals surface area contributed by atoms with Gasteiger partial charge in [-0.15, -0.1) is 0 Å². The first-order valence-corrected chi connectivity index (χ1v) is 6.67. The van der Waals surface area contributed by atoms with Gasteiger partial charge in [0, 0.05) is 29.7 Å². The minimum absolute atomic E-state index is 0.140. The number of benzene rings is 1. The van der Waals surface area contributed by atoms with E-state index in [0.29, 0.717) is 17.9 Å². The molecule has 0 amide bonds. The van der Waals surface area contributed by atoms with E-state index in [1.807, 2.05) is 24.3 Å². The van der Waals surface area contributed by atoms with Crippen LogP contribution in [0.2, 0.25) is 5.02 Å². The van der Waals surface area contributed by atoms with Crippen molar-refractivity contribution < 1.29 is 4.79 Å². The van der Waals surface area contributed by atoms with Crippen LogP contribution >= 0.6 is 27.5 Å². The standard InChI is InChI=1S/C14H11BrClNO/c15-12-3-1-2-10(6-12)7-13(18)8-11-4-5-17-9-14(11)16/h1-6,9H,7-8H2. The highest BCUT2D eigenvalue weighted by Gasteiger charge is 2.08. The zero-order valence-electron chi connectivity index (χ0n) is 9.57. The molecule has 1 aromatic heterocycles. The van der Waals surface area contributed by atoms with Crippen LogP contribution in [0.5, 0.6) is 0 Å². The van der Waals surface area contributed by atoms with Gasteiger partial charge in [-0.1, -0.05) is 39.7 Å². The molecule has 0 unspecified atom stereocenters. The molecule has 2 aromatic rings. The van der Waals surface area contributed by atoms with Crippen LogP contribution in [-0.4, -0.2) is 10.8 Å². The van der Waals surface area contributed by atoms with E-state index in [2.05, 4.69) is 20.9 Å². The Balaban J connectivity index is 2.03. The maximum atomic E-state index is 12.0. The van der Waals surface area contributed by atoms with E-state index in [1.165, 1.54) is 0 Å². The minimum Gasteiger partial charge on any atom is -0.299 e. The zero-order valence-corrected chi connectivity index (χ0v) is 11.9. The van der Waals surface area contributed by atoms with Gasteiger partial charge in [0.25, 0.3) is 0 Å². The quantitative estimate of drug-likeness (QED) is 0.855. The van der Waals surface area contributed by atoms with Crippen LogP contribution in [0, 0.1) is 0 Å². The van der Waals surface area contributed by atoms with Gasteiger partial charge in [-0.3, -0.25) is 9.78 Å². The SMILES string of the molecule is O=C(Cc1cccc(Br)c1)Cc1ccncc1Cl. The molecule has 0 aliphatic heterocycles. The zero-order chi connectivity index (χ0) is 13.0. The van der Waals surface area contributed by atoms with E-state index < -0.39 is 0 Å². The second kappa shape index (κ2) is 6.12. The van der Waals surface area contributed by atoms with E-state index in [9.17, 15) is 4.79 Å². The largest absolute Gasteiger partial charge is 0.299 e. The number of halogens is 2. The summed E-state index contributed by atoms with van der Waals surface area (Å²) >= 11 is 9.36. The van der Waals surface area contributed by atoms with Crippen LogP contribution < -0.4 is 0 Å². The third-order valence-electron chi connectivity index (χ3n) is 2.53. The number of hydrogen-bond donors (Lipinski definition) is 0. The van der Waals surface area contributed by atoms with E-state index in [4.69, 9.17) is 11.6 Å². The first kappa shape index (κ1) is 13.2. The molecule has 0 radical (unpaired) electrons. The molecule has 0 N–H and O–H groups in total. The summed E-state index contributed by atoms with van der Waals surface area (Å²) in [7, 11) is 0. The summed E-state index contributed by atoms with van der Waals surface area (Å²) in [5.41, 5.74) is 1.83. The van der Waals surface area contributed by atoms with E-state index in [-0.39, 0.29) is 5.78 Å². The van der Waals surface area contributed by atoms with Gasteiger partial charge in [0.05, 0.1) is 5.02 Å². The molecule has 0 spiro atoms. The predicted molar refractivity (Wildman–Crippen MR) is 75.8 cm³/mol. The van der Waals surface area contributed by atoms with Crippen LogP contribution in [0.3, 0.4) is 0 Å². The summed E-state index contributed by atoms with van der Waals surface area (Å²) in [4.78, 5) is 15.8. The second-order valence-corrected chi connectivity index (χ2v) is 5.31. The van der Waals surface area contributed by atoms with Gasteiger partial charge in [-0.2, -0.15) is 0 Å². The summed E-state index contributed by atoms with van der Waals surface area (Å²) in [6.45, 7) is 0. The molecule has 0 fully saturated rings. The minimum atomic E-state index is 0.140. The highest BCUT2D eigenvalue weighted by Crippen LogP contribution is 2.16. The molecule has 0 aliphatic carbocycles. The number of aromatic nitrogens is 1. The van der Waals surface area contributed by atoms with Gasteiger partial charge in [0.2, 0.25) is 0 Å². The summed E-state index contributed by atoms with van der Waals surface area (Å²) < 4.78 is 0.981. The first-order valence-electron chi connectivity index (χ1n) is 5.49. The second-order valence-electron chi connectivity index (χ2n) is 3.99. The van der Waals surface area contributed by atoms with Crippen molar-refractivity contribution in [2.75, 3.05) is 0 Å². The van der Waals surface area contributed by atoms with E-state index in [0.717, 1.165) is 15.6 Å². The van der Waals surface area contributed by atoms with Gasteiger partial charge < -0.3 is 0 Å². The molecule has 0 atom stereocenters. The van der Waals surface area contributed by atoms with Gasteiger partial charge in [0.1, 0.15) is 5.78 Å². The van der Waals surface area contributed by atoms with E-state index in [1.54, 1.807) is 18.5 Å². The fourth-order valence-electron chi connectivity index (χ4n) is 1.70. The third-order valence-corrected chi connectivity index (χ3v) is 3.37. The molecule has 2 rings (SSSR count). The van der Waals surface area contributed by atoms with Crippen LogP contribution in [0.4, 0.5) is 0 Å². The number of Topliss-reactive ketones (excluding diaryl/α,β-unsaturated/α-hetero) is 1. The average Bonchev–Trinajstić information content (AvgIpc) is 2.32. The normalized spacial score (nSPS) is 10.3. The molecule has 2 nitrogen and oxygen atoms in total. The van der Waals surface area contributed by atoms with Crippen LogP contribution in [0.15, 0.2) is 47.2 Å². The fraction of sp³-hybridized carbons (Fsp3) is 0.143. The number of rotatable bonds is 4. The Kier molecular flexibility index (Phi) is 4.50. The average molecular weight is 325 g/mol. The lowest BCUT2D eigenvalue weighted by molar-refractivity contribution is -0.117. The Bertz CT molecular complexity index is 571. The lowest BCUT2D eigenvalue weighted by atomic mass is 10.0. The Hall–Kier alpha value is -1.19. The maximum Gasteiger partial charge on any atom is 0.141 e. The lowest BCUT2D eigenvalue weighted by Gasteiger charge is -2.04. The van der Waals surface area contributed by atoms with Crippen molar-refractivity contribution in [3.63, 3.8) is 0 Å². The van der Waals surface area contributed by atoms with Crippen molar-refractivity contribution in [1.29, 1.82) is 0 Å². The lowest BCUT2D eigenvalue weighted by Crippen LogP contribution is -2.07. The highest BCUT2D eigenvalue weighted by atomic mass is 79.9. The molecule has 18 heavy (non-hydrogen) atoms. The van der Waals surface area contributed by atoms with Crippen LogP contribution in [-0.2, 0) is 17.6 Å². The maximum absolute atomic E-state index is 12.0. The number of ketones is 1. The molecule has 4 heteroatoms. The van der Waals surface area contributed by atoms with E-state index >= 15 is 0 Å². The number of carbonyl (C=O) groups excluding carboxylic acids is 1. The number of pyridine rings is 1. The molecule has 92 valence electrons. The van der Waals surface area contributed by atoms with Gasteiger partial charge in [-0.25, -0.2) is 0 Å². The topological polar surface area (TPSA) is 30.0 Å². The predicted octanol–water partition coefficient (Wildman–Crippen LogP) is 3.85. The molecular weight excluding hydrogens is 314 g/mol. The third kappa shape index (κ3) is 3.65. The van der Waals surface area contributed by atoms with Crippen molar-refractivity contribution in [2.45, 2.75) is 12.8 Å². The van der Waals surface area contributed by atoms with Crippen LogP contribution in [0.1, 0.15) is 11.1 Å². The van der Waals surface area contributed by atoms with Crippen molar-refractivity contribution in [1.82, 2.24) is 4.98 Å². The van der Waals surface area contributed by atoms with Crippen molar-refractivity contribution in [2.24, 2.45) is 0 Å². The number of hydrogen-bond acceptors (Lipinski definition) is 2. The van der Waals surface area contributed by atoms with Gasteiger partial charge in [0.15, 0.2) is 0 Å². The molecule has 0 saturated carbocycles. The summed E-state index contributed by atoms with van der Waals surface area (Å²) in [5, 5.41) is 0.542. The summed E-state index contributed by atoms with van der Waals surface area (Å²) in [6, 6.07) is 9.53. The van der Waals surface area contributed by atoms with Crippen LogP contribution in [0.25, 0.3) is 0 Å². The van der Waals surface area contributed by atoms with Gasteiger partial charge >= 0.3 is 0 Å². The molecule has 1 heterocycles. The molecular formula is C14H11BrClNO. The Morgan fingerprint density at radius 2 is 2.11 bits per heavy atom. The first-order chi connectivity index (χ1) is 8.65. The number of carbonyl (C=O) groups is 1. The fourth-order valence-corrected chi connectivity index (χ4v) is 2.33. The molecule has 0 aliphatic rings.